The normalized spacial score (nSPS) is 16.9. The highest BCUT2D eigenvalue weighted by atomic mass is 35.5. The molecular formula is C62H75Cl3N12O10. The number of rotatable bonds is 22. The van der Waals surface area contributed by atoms with E-state index in [1.165, 1.54) is 22.0 Å². The van der Waals surface area contributed by atoms with Gasteiger partial charge in [-0.25, -0.2) is 29.5 Å². The zero-order valence-corrected chi connectivity index (χ0v) is 51.8. The van der Waals surface area contributed by atoms with E-state index >= 15 is 0 Å². The van der Waals surface area contributed by atoms with E-state index < -0.39 is 22.5 Å². The van der Waals surface area contributed by atoms with Gasteiger partial charge in [0, 0.05) is 69.8 Å². The fourth-order valence-corrected chi connectivity index (χ4v) is 10.9. The molecular weight excluding hydrogens is 1180 g/mol. The highest BCUT2D eigenvalue weighted by Gasteiger charge is 2.29. The van der Waals surface area contributed by atoms with Gasteiger partial charge in [0.15, 0.2) is 34.9 Å². The van der Waals surface area contributed by atoms with Crippen molar-refractivity contribution in [3.8, 4) is 28.7 Å². The van der Waals surface area contributed by atoms with Crippen LogP contribution in [0, 0.1) is 11.8 Å². The summed E-state index contributed by atoms with van der Waals surface area (Å²) in [5, 5.41) is 9.46. The summed E-state index contributed by atoms with van der Waals surface area (Å²) in [4.78, 5) is 82.8. The number of ether oxygens (including phenoxy) is 5. The van der Waals surface area contributed by atoms with E-state index in [4.69, 9.17) is 73.6 Å². The Morgan fingerprint density at radius 2 is 1.07 bits per heavy atom. The van der Waals surface area contributed by atoms with Crippen LogP contribution in [0.15, 0.2) is 92.5 Å². The van der Waals surface area contributed by atoms with Crippen LogP contribution >= 0.6 is 34.8 Å². The number of aliphatic hydroxyl groups is 1. The van der Waals surface area contributed by atoms with Crippen molar-refractivity contribution >= 4 is 57.1 Å². The molecule has 8 aromatic heterocycles. The maximum atomic E-state index is 14.2. The van der Waals surface area contributed by atoms with E-state index in [2.05, 4.69) is 19.9 Å². The third-order valence-corrected chi connectivity index (χ3v) is 16.2. The van der Waals surface area contributed by atoms with Crippen LogP contribution in [0.5, 0.6) is 5.88 Å². The maximum absolute atomic E-state index is 14.2. The lowest BCUT2D eigenvalue weighted by Gasteiger charge is -2.22. The van der Waals surface area contributed by atoms with Gasteiger partial charge in [-0.2, -0.15) is 0 Å². The first kappa shape index (κ1) is 63.4. The maximum Gasteiger partial charge on any atom is 0.332 e. The second-order valence-corrected chi connectivity index (χ2v) is 24.1. The molecule has 0 spiro atoms. The molecule has 0 bridgehead atoms. The first-order chi connectivity index (χ1) is 42.2. The number of hydrogen-bond acceptors (Lipinski definition) is 16. The average Bonchev–Trinajstić information content (AvgIpc) is 1.68. The molecule has 2 aliphatic heterocycles. The number of imidazole rings is 2. The predicted molar refractivity (Wildman–Crippen MR) is 332 cm³/mol. The van der Waals surface area contributed by atoms with E-state index in [1.807, 2.05) is 50.5 Å². The van der Waals surface area contributed by atoms with Crippen LogP contribution in [0.2, 0.25) is 15.2 Å². The number of hydrogen-bond donors (Lipinski definition) is 1. The monoisotopic (exact) mass is 1250 g/mol. The number of fused-ring (bicyclic) bond motifs is 2. The largest absolute Gasteiger partial charge is 0.477 e. The second kappa shape index (κ2) is 29.6. The predicted octanol–water partition coefficient (Wildman–Crippen LogP) is 9.90. The molecule has 10 heterocycles. The highest BCUT2D eigenvalue weighted by Crippen LogP contribution is 2.35. The summed E-state index contributed by atoms with van der Waals surface area (Å²) < 4.78 is 38.4. The Hall–Kier alpha value is -6.63. The van der Waals surface area contributed by atoms with Gasteiger partial charge in [0.1, 0.15) is 16.8 Å². The topological polar surface area (TPSA) is 242 Å². The molecule has 0 radical (unpaired) electrons. The van der Waals surface area contributed by atoms with Crippen molar-refractivity contribution in [2.24, 2.45) is 11.8 Å². The van der Waals surface area contributed by atoms with Crippen LogP contribution < -0.4 is 27.2 Å². The minimum atomic E-state index is -0.437. The Bertz CT molecular complexity index is 3860. The van der Waals surface area contributed by atoms with Gasteiger partial charge in [-0.15, -0.1) is 0 Å². The van der Waals surface area contributed by atoms with Gasteiger partial charge in [-0.3, -0.25) is 37.8 Å². The molecule has 0 aromatic carbocycles. The van der Waals surface area contributed by atoms with Crippen LogP contribution in [0.1, 0.15) is 128 Å². The van der Waals surface area contributed by atoms with E-state index in [0.29, 0.717) is 126 Å². The van der Waals surface area contributed by atoms with Crippen molar-refractivity contribution in [2.75, 3.05) is 39.6 Å². The number of aromatic nitrogens is 12. The summed E-state index contributed by atoms with van der Waals surface area (Å²) >= 11 is 18.6. The molecule has 4 fully saturated rings. The Balaban J connectivity index is 0.000000179. The molecule has 2 saturated carbocycles. The summed E-state index contributed by atoms with van der Waals surface area (Å²) in [7, 11) is 0. The van der Waals surface area contributed by atoms with Gasteiger partial charge in [0.25, 0.3) is 11.1 Å². The number of pyridine rings is 4. The summed E-state index contributed by atoms with van der Waals surface area (Å²) in [5.41, 5.74) is 2.05. The van der Waals surface area contributed by atoms with Crippen molar-refractivity contribution in [3.05, 3.63) is 142 Å². The fraction of sp³-hybridized carbons (Fsp3) is 0.516. The number of halogens is 3. The molecule has 8 aromatic rings. The summed E-state index contributed by atoms with van der Waals surface area (Å²) in [5.74, 6) is 2.55. The molecule has 22 nitrogen and oxygen atoms in total. The van der Waals surface area contributed by atoms with Crippen molar-refractivity contribution in [3.63, 3.8) is 0 Å². The molecule has 2 saturated heterocycles. The molecule has 2 unspecified atom stereocenters. The first-order valence-electron chi connectivity index (χ1n) is 30.2. The molecule has 25 heteroatoms. The molecule has 87 heavy (non-hydrogen) atoms. The van der Waals surface area contributed by atoms with Gasteiger partial charge in [-0.1, -0.05) is 34.8 Å². The number of aliphatic hydroxyl groups excluding tert-OH is 1. The molecule has 2 aliphatic carbocycles. The van der Waals surface area contributed by atoms with Crippen LogP contribution in [0.3, 0.4) is 0 Å². The fourth-order valence-electron chi connectivity index (χ4n) is 10.4. The molecule has 4 aliphatic rings. The Morgan fingerprint density at radius 1 is 0.586 bits per heavy atom. The van der Waals surface area contributed by atoms with Crippen LogP contribution in [0.25, 0.3) is 45.1 Å². The van der Waals surface area contributed by atoms with Crippen LogP contribution in [-0.2, 0) is 45.1 Å². The van der Waals surface area contributed by atoms with E-state index in [9.17, 15) is 19.2 Å². The SMILES string of the molecule is CC(C)n1c(=O)n(CCCOC2CCCCO2)c(=O)c2c1nc(-c1cccnc1Cl)n2Cc1ccc(Cl)cn1.CC(C)n1c(=O)n(CCCOC2CCCCO2)c(=O)c2c1nc(-c1cccnc1OCC1CC1)n2Cc1ccc(Cl)cn1.OCC1CC1. The third-order valence-electron chi connectivity index (χ3n) is 15.4. The van der Waals surface area contributed by atoms with Crippen molar-refractivity contribution < 1.29 is 28.8 Å². The van der Waals surface area contributed by atoms with Crippen molar-refractivity contribution in [1.82, 2.24) is 57.3 Å². The summed E-state index contributed by atoms with van der Waals surface area (Å²) in [6.45, 7) is 11.6. The lowest BCUT2D eigenvalue weighted by Crippen LogP contribution is -2.41. The lowest BCUT2D eigenvalue weighted by atomic mass is 10.2. The van der Waals surface area contributed by atoms with Crippen molar-refractivity contribution in [2.45, 2.75) is 156 Å². The zero-order valence-electron chi connectivity index (χ0n) is 49.6. The summed E-state index contributed by atoms with van der Waals surface area (Å²) in [6, 6.07) is 13.8. The lowest BCUT2D eigenvalue weighted by molar-refractivity contribution is -0.163. The second-order valence-electron chi connectivity index (χ2n) is 22.8. The van der Waals surface area contributed by atoms with E-state index in [0.717, 1.165) is 51.4 Å². The van der Waals surface area contributed by atoms with Gasteiger partial charge >= 0.3 is 11.4 Å². The Morgan fingerprint density at radius 3 is 1.48 bits per heavy atom. The van der Waals surface area contributed by atoms with E-state index in [1.54, 1.807) is 68.8 Å². The summed E-state index contributed by atoms with van der Waals surface area (Å²) in [6.07, 6.45) is 17.6. The molecule has 0 amide bonds. The third kappa shape index (κ3) is 15.6. The zero-order chi connectivity index (χ0) is 61.1. The smallest absolute Gasteiger partial charge is 0.332 e. The Kier molecular flexibility index (Phi) is 21.6. The van der Waals surface area contributed by atoms with Crippen molar-refractivity contribution in [1.29, 1.82) is 0 Å². The molecule has 464 valence electrons. The first-order valence-corrected chi connectivity index (χ1v) is 31.3. The highest BCUT2D eigenvalue weighted by molar-refractivity contribution is 6.32. The van der Waals surface area contributed by atoms with Crippen LogP contribution in [-0.4, -0.2) is 115 Å². The standard InChI is InChI=1S/C31H37ClN6O5.C27H30Cl2N6O4.C4H8O/c1-20(2)38-28-26(30(39)36(31(38)40)14-6-16-42-25-8-3-4-15-41-25)37(18-23-12-11-22(32)17-34-23)27(35-28)24-7-5-13-33-29(24)43-19-21-9-10-21;1-17(2)35-25-22(26(36)33(27(35)37)12-6-14-39-21-8-3-4-13-38-21)34(16-19-10-9-18(28)15-31-19)24(32-25)20-7-5-11-30-23(20)29;5-3-4-1-2-4/h5,7,11-13,17,20-21,25H,3-4,6,8-10,14-16,18-19H2,1-2H3;5,7,9-11,15,17,21H,3-4,6,8,12-14,16H2,1-2H3;4-5H,1-3H2. The van der Waals surface area contributed by atoms with E-state index in [-0.39, 0.29) is 67.2 Å². The minimum absolute atomic E-state index is 0.195. The molecule has 2 atom stereocenters. The number of nitrogens with zero attached hydrogens (tertiary/aromatic N) is 12. The molecule has 1 N–H and O–H groups in total. The Labute approximate surface area is 518 Å². The van der Waals surface area contributed by atoms with Crippen LogP contribution in [0.4, 0.5) is 0 Å². The average molecular weight is 1250 g/mol. The quantitative estimate of drug-likeness (QED) is 0.0490. The van der Waals surface area contributed by atoms with Gasteiger partial charge in [0.2, 0.25) is 5.88 Å². The van der Waals surface area contributed by atoms with Gasteiger partial charge < -0.3 is 37.9 Å². The van der Waals surface area contributed by atoms with Gasteiger partial charge in [0.05, 0.1) is 65.5 Å². The van der Waals surface area contributed by atoms with Gasteiger partial charge in [-0.05, 0) is 165 Å². The molecule has 12 rings (SSSR count). The minimum Gasteiger partial charge on any atom is -0.477 e.